The molecule has 24 heavy (non-hydrogen) atoms. The molecule has 0 aliphatic rings. The average Bonchev–Trinajstić information content (AvgIpc) is 2.63. The molecule has 0 fully saturated rings. The largest absolute Gasteiger partial charge is 0.481 e. The maximum Gasteiger partial charge on any atom is 0.231 e. The summed E-state index contributed by atoms with van der Waals surface area (Å²) in [5.41, 5.74) is 2.45. The van der Waals surface area contributed by atoms with E-state index in [0.717, 1.165) is 22.9 Å². The van der Waals surface area contributed by atoms with E-state index < -0.39 is 0 Å². The number of rotatable bonds is 5. The van der Waals surface area contributed by atoms with Crippen molar-refractivity contribution in [2.45, 2.75) is 19.3 Å². The van der Waals surface area contributed by atoms with Gasteiger partial charge < -0.3 is 10.1 Å². The molecule has 1 amide bonds. The van der Waals surface area contributed by atoms with Gasteiger partial charge in [-0.25, -0.2) is 4.98 Å². The second kappa shape index (κ2) is 7.13. The Bertz CT molecular complexity index is 847. The Morgan fingerprint density at radius 3 is 2.58 bits per heavy atom. The minimum Gasteiger partial charge on any atom is -0.481 e. The number of nitrogens with zero attached hydrogens (tertiary/aromatic N) is 1. The molecule has 0 spiro atoms. The number of ether oxygens (including phenoxy) is 1. The molecule has 122 valence electrons. The van der Waals surface area contributed by atoms with Crippen molar-refractivity contribution in [3.63, 3.8) is 0 Å². The Kier molecular flexibility index (Phi) is 4.75. The molecule has 0 saturated heterocycles. The van der Waals surface area contributed by atoms with Gasteiger partial charge in [-0.2, -0.15) is 0 Å². The molecule has 3 aromatic rings. The molecule has 0 aliphatic carbocycles. The van der Waals surface area contributed by atoms with Crippen LogP contribution in [0.1, 0.15) is 24.8 Å². The van der Waals surface area contributed by atoms with E-state index in [1.165, 1.54) is 0 Å². The summed E-state index contributed by atoms with van der Waals surface area (Å²) in [5.74, 6) is 0.312. The third kappa shape index (κ3) is 3.23. The van der Waals surface area contributed by atoms with Crippen LogP contribution >= 0.6 is 0 Å². The van der Waals surface area contributed by atoms with Gasteiger partial charge in [0.05, 0.1) is 24.2 Å². The van der Waals surface area contributed by atoms with E-state index >= 15 is 0 Å². The molecule has 0 saturated carbocycles. The van der Waals surface area contributed by atoms with E-state index in [0.29, 0.717) is 11.6 Å². The summed E-state index contributed by atoms with van der Waals surface area (Å²) >= 11 is 0. The van der Waals surface area contributed by atoms with Crippen molar-refractivity contribution in [3.8, 4) is 5.88 Å². The molecule has 1 atom stereocenters. The van der Waals surface area contributed by atoms with Gasteiger partial charge in [-0.3, -0.25) is 4.79 Å². The summed E-state index contributed by atoms with van der Waals surface area (Å²) in [6.45, 7) is 2.02. The van der Waals surface area contributed by atoms with Crippen molar-refractivity contribution < 1.29 is 9.53 Å². The Morgan fingerprint density at radius 2 is 1.88 bits per heavy atom. The number of para-hydroxylation sites is 1. The predicted octanol–water partition coefficient (Wildman–Crippen LogP) is 4.38. The highest BCUT2D eigenvalue weighted by Gasteiger charge is 2.19. The van der Waals surface area contributed by atoms with Gasteiger partial charge in [0.15, 0.2) is 0 Å². The van der Waals surface area contributed by atoms with Crippen molar-refractivity contribution >= 4 is 22.5 Å². The first-order chi connectivity index (χ1) is 11.7. The molecule has 1 heterocycles. The number of benzene rings is 2. The second-order valence-electron chi connectivity index (χ2n) is 5.59. The van der Waals surface area contributed by atoms with Crippen LogP contribution < -0.4 is 10.1 Å². The number of anilines is 1. The number of methoxy groups -OCH3 is 1. The van der Waals surface area contributed by atoms with Crippen LogP contribution in [-0.4, -0.2) is 18.0 Å². The van der Waals surface area contributed by atoms with E-state index in [-0.39, 0.29) is 11.8 Å². The van der Waals surface area contributed by atoms with Crippen LogP contribution in [0.25, 0.3) is 10.9 Å². The third-order valence-corrected chi connectivity index (χ3v) is 4.09. The molecule has 0 radical (unpaired) electrons. The summed E-state index contributed by atoms with van der Waals surface area (Å²) in [6, 6.07) is 19.3. The van der Waals surface area contributed by atoms with Crippen molar-refractivity contribution in [2.75, 3.05) is 12.4 Å². The van der Waals surface area contributed by atoms with Gasteiger partial charge in [0, 0.05) is 11.5 Å². The van der Waals surface area contributed by atoms with Crippen molar-refractivity contribution in [1.82, 2.24) is 4.98 Å². The lowest BCUT2D eigenvalue weighted by atomic mass is 9.95. The fourth-order valence-corrected chi connectivity index (χ4v) is 2.82. The topological polar surface area (TPSA) is 51.2 Å². The molecule has 0 bridgehead atoms. The number of pyridine rings is 1. The first kappa shape index (κ1) is 16.0. The van der Waals surface area contributed by atoms with Crippen molar-refractivity contribution in [2.24, 2.45) is 0 Å². The van der Waals surface area contributed by atoms with Crippen molar-refractivity contribution in [1.29, 1.82) is 0 Å². The lowest BCUT2D eigenvalue weighted by Gasteiger charge is -2.16. The number of fused-ring (bicyclic) bond motifs is 1. The number of amides is 1. The van der Waals surface area contributed by atoms with E-state index in [9.17, 15) is 4.79 Å². The maximum absolute atomic E-state index is 12.8. The van der Waals surface area contributed by atoms with E-state index in [1.54, 1.807) is 7.11 Å². The van der Waals surface area contributed by atoms with Crippen LogP contribution in [0.5, 0.6) is 5.88 Å². The van der Waals surface area contributed by atoms with Gasteiger partial charge in [0.1, 0.15) is 0 Å². The van der Waals surface area contributed by atoms with Gasteiger partial charge in [-0.1, -0.05) is 49.4 Å². The predicted molar refractivity (Wildman–Crippen MR) is 96.4 cm³/mol. The standard InChI is InChI=1S/C20H20N2O2/c1-3-16(14-8-5-4-6-9-14)20(23)21-17-11-7-10-15-12-13-18(24-2)22-19(15)17/h4-13,16H,3H2,1-2H3,(H,21,23)/t16-/m0/s1. The molecular weight excluding hydrogens is 300 g/mol. The Morgan fingerprint density at radius 1 is 1.08 bits per heavy atom. The van der Waals surface area contributed by atoms with Gasteiger partial charge in [0.25, 0.3) is 0 Å². The lowest BCUT2D eigenvalue weighted by Crippen LogP contribution is -2.21. The van der Waals surface area contributed by atoms with Crippen LogP contribution in [0, 0.1) is 0 Å². The fraction of sp³-hybridized carbons (Fsp3) is 0.200. The number of carbonyl (C=O) groups excluding carboxylic acids is 1. The number of nitrogens with one attached hydrogen (secondary N) is 1. The highest BCUT2D eigenvalue weighted by molar-refractivity contribution is 6.02. The van der Waals surface area contributed by atoms with Crippen LogP contribution in [0.4, 0.5) is 5.69 Å². The van der Waals surface area contributed by atoms with Crippen LogP contribution in [0.15, 0.2) is 60.7 Å². The summed E-state index contributed by atoms with van der Waals surface area (Å²) in [6.07, 6.45) is 0.733. The van der Waals surface area contributed by atoms with Crippen LogP contribution in [0.2, 0.25) is 0 Å². The molecule has 0 aliphatic heterocycles. The Hall–Kier alpha value is -2.88. The summed E-state index contributed by atoms with van der Waals surface area (Å²) in [5, 5.41) is 3.99. The minimum absolute atomic E-state index is 0.0270. The normalized spacial score (nSPS) is 11.9. The molecule has 4 nitrogen and oxygen atoms in total. The number of hydrogen-bond acceptors (Lipinski definition) is 3. The first-order valence-electron chi connectivity index (χ1n) is 8.02. The quantitative estimate of drug-likeness (QED) is 0.759. The SMILES string of the molecule is CC[C@H](C(=O)Nc1cccc2ccc(OC)nc12)c1ccccc1. The zero-order valence-electron chi connectivity index (χ0n) is 13.8. The molecular formula is C20H20N2O2. The van der Waals surface area contributed by atoms with Crippen molar-refractivity contribution in [3.05, 3.63) is 66.2 Å². The highest BCUT2D eigenvalue weighted by atomic mass is 16.5. The third-order valence-electron chi connectivity index (χ3n) is 4.09. The molecule has 2 aromatic carbocycles. The first-order valence-corrected chi connectivity index (χ1v) is 8.02. The lowest BCUT2D eigenvalue weighted by molar-refractivity contribution is -0.117. The number of hydrogen-bond donors (Lipinski definition) is 1. The van der Waals surface area contributed by atoms with Gasteiger partial charge in [0.2, 0.25) is 11.8 Å². The molecule has 3 rings (SSSR count). The smallest absolute Gasteiger partial charge is 0.231 e. The number of aromatic nitrogens is 1. The highest BCUT2D eigenvalue weighted by Crippen LogP contribution is 2.26. The summed E-state index contributed by atoms with van der Waals surface area (Å²) in [4.78, 5) is 17.2. The number of carbonyl (C=O) groups is 1. The Balaban J connectivity index is 1.92. The molecule has 0 unspecified atom stereocenters. The second-order valence-corrected chi connectivity index (χ2v) is 5.59. The summed E-state index contributed by atoms with van der Waals surface area (Å²) < 4.78 is 5.20. The van der Waals surface area contributed by atoms with Gasteiger partial charge in [-0.05, 0) is 24.1 Å². The molecule has 1 aromatic heterocycles. The van der Waals surface area contributed by atoms with E-state index in [2.05, 4.69) is 10.3 Å². The van der Waals surface area contributed by atoms with Crippen LogP contribution in [-0.2, 0) is 4.79 Å². The summed E-state index contributed by atoms with van der Waals surface area (Å²) in [7, 11) is 1.58. The monoisotopic (exact) mass is 320 g/mol. The Labute approximate surface area is 141 Å². The van der Waals surface area contributed by atoms with Crippen LogP contribution in [0.3, 0.4) is 0 Å². The van der Waals surface area contributed by atoms with Gasteiger partial charge in [-0.15, -0.1) is 0 Å². The molecule has 4 heteroatoms. The zero-order chi connectivity index (χ0) is 16.9. The van der Waals surface area contributed by atoms with Gasteiger partial charge >= 0.3 is 0 Å². The zero-order valence-corrected chi connectivity index (χ0v) is 13.8. The minimum atomic E-state index is -0.188. The molecule has 1 N–H and O–H groups in total. The fourth-order valence-electron chi connectivity index (χ4n) is 2.82. The maximum atomic E-state index is 12.8. The van der Waals surface area contributed by atoms with E-state index in [1.807, 2.05) is 67.6 Å². The van der Waals surface area contributed by atoms with E-state index in [4.69, 9.17) is 4.74 Å². The average molecular weight is 320 g/mol.